The molecule has 37 heavy (non-hydrogen) atoms. The van der Waals surface area contributed by atoms with Crippen LogP contribution in [-0.4, -0.2) is 70.8 Å². The van der Waals surface area contributed by atoms with Crippen molar-refractivity contribution < 1.29 is 9.59 Å². The quantitative estimate of drug-likeness (QED) is 0.454. The summed E-state index contributed by atoms with van der Waals surface area (Å²) >= 11 is 6.22. The molecule has 5 nitrogen and oxygen atoms in total. The summed E-state index contributed by atoms with van der Waals surface area (Å²) in [6.45, 7) is 17.0. The highest BCUT2D eigenvalue weighted by Gasteiger charge is 2.51. The average molecular weight is 530 g/mol. The van der Waals surface area contributed by atoms with Gasteiger partial charge in [-0.15, -0.1) is 0 Å². The molecule has 2 amide bonds. The predicted octanol–water partition coefficient (Wildman–Crippen LogP) is 5.99. The number of amides is 2. The van der Waals surface area contributed by atoms with Gasteiger partial charge in [0.2, 0.25) is 11.8 Å². The fraction of sp³-hybridized carbons (Fsp3) is 0.742. The van der Waals surface area contributed by atoms with Crippen molar-refractivity contribution in [2.24, 2.45) is 17.8 Å². The molecule has 0 radical (unpaired) electrons. The van der Waals surface area contributed by atoms with Gasteiger partial charge in [-0.1, -0.05) is 44.5 Å². The second-order valence-electron chi connectivity index (χ2n) is 13.5. The molecule has 1 aromatic carbocycles. The molecule has 206 valence electrons. The molecule has 0 aromatic heterocycles. The first kappa shape index (κ1) is 28.4. The molecule has 0 bridgehead atoms. The fourth-order valence-electron chi connectivity index (χ4n) is 6.73. The Bertz CT molecular complexity index is 948. The van der Waals surface area contributed by atoms with Crippen LogP contribution in [0, 0.1) is 17.8 Å². The molecule has 1 saturated carbocycles. The lowest BCUT2D eigenvalue weighted by Crippen LogP contribution is -2.51. The number of rotatable bonds is 6. The molecule has 3 aliphatic rings. The first-order valence-electron chi connectivity index (χ1n) is 14.5. The number of hydrogen-bond donors (Lipinski definition) is 0. The highest BCUT2D eigenvalue weighted by molar-refractivity contribution is 6.30. The van der Waals surface area contributed by atoms with Gasteiger partial charge in [-0.05, 0) is 88.8 Å². The number of likely N-dealkylation sites (tertiary alicyclic amines) is 2. The summed E-state index contributed by atoms with van der Waals surface area (Å²) in [5, 5.41) is 0.686. The van der Waals surface area contributed by atoms with Crippen molar-refractivity contribution in [1.82, 2.24) is 14.7 Å². The van der Waals surface area contributed by atoms with E-state index in [-0.39, 0.29) is 23.3 Å². The normalized spacial score (nSPS) is 29.2. The lowest BCUT2D eigenvalue weighted by molar-refractivity contribution is -0.140. The van der Waals surface area contributed by atoms with Crippen molar-refractivity contribution in [3.05, 3.63) is 34.9 Å². The van der Waals surface area contributed by atoms with E-state index in [1.807, 2.05) is 29.2 Å². The van der Waals surface area contributed by atoms with Crippen LogP contribution in [0.15, 0.2) is 24.3 Å². The summed E-state index contributed by atoms with van der Waals surface area (Å²) in [6, 6.07) is 8.21. The van der Waals surface area contributed by atoms with E-state index in [0.717, 1.165) is 50.3 Å². The second kappa shape index (κ2) is 11.3. The van der Waals surface area contributed by atoms with Gasteiger partial charge in [0, 0.05) is 49.3 Å². The SMILES string of the molecule is CC(C)CN(C(=O)[C@H]1CCN(C(=O)[C@]2(c3ccc(Cl)cc3)CCN(C(C)(C)C)C2)C1)C1CCC(C)CC1. The molecule has 1 aliphatic carbocycles. The highest BCUT2D eigenvalue weighted by Crippen LogP contribution is 2.41. The molecule has 1 aromatic rings. The molecule has 6 heteroatoms. The van der Waals surface area contributed by atoms with E-state index in [9.17, 15) is 9.59 Å². The molecule has 4 rings (SSSR count). The highest BCUT2D eigenvalue weighted by atomic mass is 35.5. The van der Waals surface area contributed by atoms with Crippen LogP contribution in [-0.2, 0) is 15.0 Å². The Morgan fingerprint density at radius 2 is 1.70 bits per heavy atom. The monoisotopic (exact) mass is 529 g/mol. The first-order chi connectivity index (χ1) is 17.4. The summed E-state index contributed by atoms with van der Waals surface area (Å²) in [5.41, 5.74) is 0.445. The minimum Gasteiger partial charge on any atom is -0.341 e. The Kier molecular flexibility index (Phi) is 8.65. The van der Waals surface area contributed by atoms with Gasteiger partial charge in [-0.3, -0.25) is 14.5 Å². The van der Waals surface area contributed by atoms with Crippen LogP contribution in [0.25, 0.3) is 0 Å². The van der Waals surface area contributed by atoms with Crippen LogP contribution < -0.4 is 0 Å². The van der Waals surface area contributed by atoms with Crippen molar-refractivity contribution in [2.45, 2.75) is 97.1 Å². The Morgan fingerprint density at radius 3 is 2.27 bits per heavy atom. The maximum atomic E-state index is 14.3. The van der Waals surface area contributed by atoms with Crippen molar-refractivity contribution in [1.29, 1.82) is 0 Å². The van der Waals surface area contributed by atoms with Gasteiger partial charge in [0.05, 0.1) is 11.3 Å². The number of carbonyl (C=O) groups is 2. The molecule has 0 spiro atoms. The summed E-state index contributed by atoms with van der Waals surface area (Å²) in [4.78, 5) is 34.8. The van der Waals surface area contributed by atoms with Crippen molar-refractivity contribution in [3.63, 3.8) is 0 Å². The predicted molar refractivity (Wildman–Crippen MR) is 152 cm³/mol. The lowest BCUT2D eigenvalue weighted by atomic mass is 9.78. The lowest BCUT2D eigenvalue weighted by Gasteiger charge is -2.39. The van der Waals surface area contributed by atoms with E-state index in [4.69, 9.17) is 11.6 Å². The maximum absolute atomic E-state index is 14.3. The number of hydrogen-bond acceptors (Lipinski definition) is 3. The average Bonchev–Trinajstić information content (AvgIpc) is 3.51. The van der Waals surface area contributed by atoms with Crippen molar-refractivity contribution in [2.75, 3.05) is 32.7 Å². The minimum absolute atomic E-state index is 0.00714. The van der Waals surface area contributed by atoms with E-state index < -0.39 is 5.41 Å². The van der Waals surface area contributed by atoms with Crippen molar-refractivity contribution in [3.8, 4) is 0 Å². The van der Waals surface area contributed by atoms with Gasteiger partial charge in [0.15, 0.2) is 0 Å². The van der Waals surface area contributed by atoms with E-state index >= 15 is 0 Å². The van der Waals surface area contributed by atoms with Gasteiger partial charge < -0.3 is 9.80 Å². The molecule has 2 saturated heterocycles. The number of carbonyl (C=O) groups excluding carboxylic acids is 2. The standard InChI is InChI=1S/C31H48ClN3O2/c1-22(2)19-35(27-13-7-23(3)8-14-27)28(36)24-15-17-33(20-24)29(37)31(25-9-11-26(32)12-10-25)16-18-34(21-31)30(4,5)6/h9-12,22-24,27H,7-8,13-21H2,1-6H3/t23?,24-,27?,31+/m0/s1. The molecule has 3 fully saturated rings. The molecule has 2 aliphatic heterocycles. The zero-order chi connectivity index (χ0) is 27.0. The van der Waals surface area contributed by atoms with Crippen LogP contribution in [0.2, 0.25) is 5.02 Å². The van der Waals surface area contributed by atoms with Crippen LogP contribution in [0.3, 0.4) is 0 Å². The van der Waals surface area contributed by atoms with E-state index in [1.54, 1.807) is 0 Å². The number of halogens is 1. The van der Waals surface area contributed by atoms with E-state index in [2.05, 4.69) is 51.3 Å². The summed E-state index contributed by atoms with van der Waals surface area (Å²) in [6.07, 6.45) is 6.18. The van der Waals surface area contributed by atoms with Gasteiger partial charge in [-0.2, -0.15) is 0 Å². The van der Waals surface area contributed by atoms with Crippen molar-refractivity contribution >= 4 is 23.4 Å². The molecule has 2 atom stereocenters. The Labute approximate surface area is 229 Å². The van der Waals surface area contributed by atoms with Gasteiger partial charge in [0.1, 0.15) is 0 Å². The van der Waals surface area contributed by atoms with Crippen LogP contribution in [0.4, 0.5) is 0 Å². The Balaban J connectivity index is 1.52. The summed E-state index contributed by atoms with van der Waals surface area (Å²) < 4.78 is 0. The van der Waals surface area contributed by atoms with Gasteiger partial charge >= 0.3 is 0 Å². The topological polar surface area (TPSA) is 43.9 Å². The fourth-order valence-corrected chi connectivity index (χ4v) is 6.86. The van der Waals surface area contributed by atoms with Gasteiger partial charge in [0.25, 0.3) is 0 Å². The van der Waals surface area contributed by atoms with Crippen LogP contribution >= 0.6 is 11.6 Å². The van der Waals surface area contributed by atoms with E-state index in [0.29, 0.717) is 36.6 Å². The number of benzene rings is 1. The third-order valence-electron chi connectivity index (χ3n) is 9.12. The Morgan fingerprint density at radius 1 is 1.05 bits per heavy atom. The summed E-state index contributed by atoms with van der Waals surface area (Å²) in [7, 11) is 0. The van der Waals surface area contributed by atoms with Gasteiger partial charge in [-0.25, -0.2) is 0 Å². The smallest absolute Gasteiger partial charge is 0.234 e. The molecular weight excluding hydrogens is 482 g/mol. The summed E-state index contributed by atoms with van der Waals surface area (Å²) in [5.74, 6) is 1.56. The van der Waals surface area contributed by atoms with E-state index in [1.165, 1.54) is 12.8 Å². The van der Waals surface area contributed by atoms with Crippen LogP contribution in [0.1, 0.15) is 85.6 Å². The molecule has 0 N–H and O–H groups in total. The minimum atomic E-state index is -0.590. The third kappa shape index (κ3) is 6.19. The zero-order valence-corrected chi connectivity index (χ0v) is 24.7. The number of nitrogens with zero attached hydrogens (tertiary/aromatic N) is 3. The third-order valence-corrected chi connectivity index (χ3v) is 9.37. The second-order valence-corrected chi connectivity index (χ2v) is 13.9. The largest absolute Gasteiger partial charge is 0.341 e. The first-order valence-corrected chi connectivity index (χ1v) is 14.9. The molecular formula is C31H48ClN3O2. The van der Waals surface area contributed by atoms with Crippen LogP contribution in [0.5, 0.6) is 0 Å². The molecule has 0 unspecified atom stereocenters. The Hall–Kier alpha value is -1.59. The maximum Gasteiger partial charge on any atom is 0.234 e. The zero-order valence-electron chi connectivity index (χ0n) is 23.9. The molecule has 2 heterocycles.